The van der Waals surface area contributed by atoms with Gasteiger partial charge in [-0.25, -0.2) is 4.39 Å². The van der Waals surface area contributed by atoms with Crippen molar-refractivity contribution in [2.24, 2.45) is 0 Å². The first-order chi connectivity index (χ1) is 7.27. The van der Waals surface area contributed by atoms with E-state index in [0.29, 0.717) is 24.7 Å². The van der Waals surface area contributed by atoms with E-state index in [0.717, 1.165) is 12.8 Å². The van der Waals surface area contributed by atoms with Crippen LogP contribution in [0.3, 0.4) is 0 Å². The average Bonchev–Trinajstić information content (AvgIpc) is 2.25. The molecule has 0 unspecified atom stereocenters. The van der Waals surface area contributed by atoms with E-state index in [4.69, 9.17) is 9.47 Å². The van der Waals surface area contributed by atoms with Crippen LogP contribution in [0.5, 0.6) is 11.5 Å². The van der Waals surface area contributed by atoms with Crippen LogP contribution in [0, 0.1) is 5.82 Å². The number of ether oxygens (including phenoxy) is 2. The minimum Gasteiger partial charge on any atom is -0.490 e. The summed E-state index contributed by atoms with van der Waals surface area (Å²) >= 11 is 0. The monoisotopic (exact) mass is 212 g/mol. The second-order valence-electron chi connectivity index (χ2n) is 3.29. The van der Waals surface area contributed by atoms with Gasteiger partial charge in [-0.1, -0.05) is 13.8 Å². The Hall–Kier alpha value is -1.25. The molecule has 0 spiro atoms. The van der Waals surface area contributed by atoms with E-state index in [-0.39, 0.29) is 5.82 Å². The molecule has 0 radical (unpaired) electrons. The van der Waals surface area contributed by atoms with Crippen molar-refractivity contribution in [3.63, 3.8) is 0 Å². The second-order valence-corrected chi connectivity index (χ2v) is 3.29. The van der Waals surface area contributed by atoms with Crippen molar-refractivity contribution in [3.05, 3.63) is 24.0 Å². The average molecular weight is 212 g/mol. The Morgan fingerprint density at radius 2 is 1.60 bits per heavy atom. The van der Waals surface area contributed by atoms with Crippen molar-refractivity contribution in [2.45, 2.75) is 26.7 Å². The minimum atomic E-state index is -0.301. The Balaban J connectivity index is 2.73. The predicted octanol–water partition coefficient (Wildman–Crippen LogP) is 3.40. The van der Waals surface area contributed by atoms with Gasteiger partial charge in [-0.05, 0) is 25.0 Å². The third kappa shape index (κ3) is 3.78. The van der Waals surface area contributed by atoms with Gasteiger partial charge in [0.05, 0.1) is 13.2 Å². The van der Waals surface area contributed by atoms with Crippen LogP contribution < -0.4 is 9.47 Å². The molecule has 0 bridgehead atoms. The molecule has 0 amide bonds. The molecule has 3 heteroatoms. The summed E-state index contributed by atoms with van der Waals surface area (Å²) in [4.78, 5) is 0. The summed E-state index contributed by atoms with van der Waals surface area (Å²) in [5, 5.41) is 0. The summed E-state index contributed by atoms with van der Waals surface area (Å²) in [6, 6.07) is 4.35. The predicted molar refractivity (Wildman–Crippen MR) is 58.0 cm³/mol. The molecule has 2 nitrogen and oxygen atoms in total. The van der Waals surface area contributed by atoms with Crippen LogP contribution in [0.4, 0.5) is 4.39 Å². The molecule has 0 fully saturated rings. The minimum absolute atomic E-state index is 0.301. The lowest BCUT2D eigenvalue weighted by Gasteiger charge is -2.11. The first-order valence-corrected chi connectivity index (χ1v) is 5.33. The molecule has 1 rings (SSSR count). The third-order valence-corrected chi connectivity index (χ3v) is 1.83. The zero-order chi connectivity index (χ0) is 11.1. The first-order valence-electron chi connectivity index (χ1n) is 5.33. The summed E-state index contributed by atoms with van der Waals surface area (Å²) in [5.74, 6) is 0.807. The Kier molecular flexibility index (Phi) is 4.95. The van der Waals surface area contributed by atoms with Gasteiger partial charge in [0.15, 0.2) is 11.5 Å². The lowest BCUT2D eigenvalue weighted by Crippen LogP contribution is -2.01. The highest BCUT2D eigenvalue weighted by Gasteiger charge is 2.06. The molecule has 0 aromatic heterocycles. The van der Waals surface area contributed by atoms with Crippen LogP contribution in [0.25, 0.3) is 0 Å². The Morgan fingerprint density at radius 3 is 2.20 bits per heavy atom. The van der Waals surface area contributed by atoms with E-state index >= 15 is 0 Å². The maximum absolute atomic E-state index is 13.0. The number of rotatable bonds is 6. The van der Waals surface area contributed by atoms with E-state index in [1.165, 1.54) is 12.1 Å². The summed E-state index contributed by atoms with van der Waals surface area (Å²) in [6.07, 6.45) is 1.81. The topological polar surface area (TPSA) is 18.5 Å². The molecule has 1 aromatic carbocycles. The Morgan fingerprint density at radius 1 is 1.00 bits per heavy atom. The van der Waals surface area contributed by atoms with Crippen LogP contribution in [0.2, 0.25) is 0 Å². The lowest BCUT2D eigenvalue weighted by molar-refractivity contribution is 0.267. The van der Waals surface area contributed by atoms with Gasteiger partial charge in [0.25, 0.3) is 0 Å². The Bertz CT molecular complexity index is 300. The van der Waals surface area contributed by atoms with Crippen LogP contribution in [-0.2, 0) is 0 Å². The van der Waals surface area contributed by atoms with E-state index in [2.05, 4.69) is 0 Å². The number of benzene rings is 1. The van der Waals surface area contributed by atoms with Gasteiger partial charge >= 0.3 is 0 Å². The molecule has 0 heterocycles. The molecule has 84 valence electrons. The summed E-state index contributed by atoms with van der Waals surface area (Å²) < 4.78 is 23.8. The number of halogens is 1. The number of hydrogen-bond donors (Lipinski definition) is 0. The molecule has 0 N–H and O–H groups in total. The quantitative estimate of drug-likeness (QED) is 0.719. The van der Waals surface area contributed by atoms with Crippen molar-refractivity contribution < 1.29 is 13.9 Å². The van der Waals surface area contributed by atoms with E-state index < -0.39 is 0 Å². The molecule has 0 saturated carbocycles. The molecule has 0 aliphatic carbocycles. The van der Waals surface area contributed by atoms with Gasteiger partial charge in [0.1, 0.15) is 5.82 Å². The standard InChI is InChI=1S/C12H17FO2/c1-3-7-14-11-6-5-10(13)9-12(11)15-8-4-2/h5-6,9H,3-4,7-8H2,1-2H3. The van der Waals surface area contributed by atoms with Crippen LogP contribution >= 0.6 is 0 Å². The van der Waals surface area contributed by atoms with Crippen LogP contribution in [0.15, 0.2) is 18.2 Å². The van der Waals surface area contributed by atoms with Gasteiger partial charge in [-0.2, -0.15) is 0 Å². The number of hydrogen-bond acceptors (Lipinski definition) is 2. The largest absolute Gasteiger partial charge is 0.490 e. The fourth-order valence-corrected chi connectivity index (χ4v) is 1.14. The normalized spacial score (nSPS) is 10.1. The van der Waals surface area contributed by atoms with E-state index in [1.807, 2.05) is 13.8 Å². The first kappa shape index (κ1) is 11.8. The summed E-state index contributed by atoms with van der Waals surface area (Å²) in [6.45, 7) is 5.22. The zero-order valence-electron chi connectivity index (χ0n) is 9.25. The van der Waals surface area contributed by atoms with Gasteiger partial charge in [0.2, 0.25) is 0 Å². The zero-order valence-corrected chi connectivity index (χ0v) is 9.25. The van der Waals surface area contributed by atoms with Crippen molar-refractivity contribution in [1.29, 1.82) is 0 Å². The van der Waals surface area contributed by atoms with Gasteiger partial charge in [0, 0.05) is 6.07 Å². The summed E-state index contributed by atoms with van der Waals surface area (Å²) in [7, 11) is 0. The van der Waals surface area contributed by atoms with Crippen molar-refractivity contribution in [2.75, 3.05) is 13.2 Å². The SMILES string of the molecule is CCCOc1ccc(F)cc1OCCC. The maximum atomic E-state index is 13.0. The summed E-state index contributed by atoms with van der Waals surface area (Å²) in [5.41, 5.74) is 0. The van der Waals surface area contributed by atoms with Crippen molar-refractivity contribution in [1.82, 2.24) is 0 Å². The molecular weight excluding hydrogens is 195 g/mol. The van der Waals surface area contributed by atoms with Gasteiger partial charge < -0.3 is 9.47 Å². The highest BCUT2D eigenvalue weighted by Crippen LogP contribution is 2.28. The van der Waals surface area contributed by atoms with Crippen molar-refractivity contribution in [3.8, 4) is 11.5 Å². The lowest BCUT2D eigenvalue weighted by atomic mass is 10.3. The fraction of sp³-hybridized carbons (Fsp3) is 0.500. The molecule has 0 aliphatic rings. The molecule has 1 aromatic rings. The van der Waals surface area contributed by atoms with Crippen molar-refractivity contribution >= 4 is 0 Å². The third-order valence-electron chi connectivity index (χ3n) is 1.83. The molecule has 0 saturated heterocycles. The van der Waals surface area contributed by atoms with Gasteiger partial charge in [-0.3, -0.25) is 0 Å². The molecule has 0 atom stereocenters. The smallest absolute Gasteiger partial charge is 0.164 e. The van der Waals surface area contributed by atoms with Crippen LogP contribution in [0.1, 0.15) is 26.7 Å². The molecular formula is C12H17FO2. The van der Waals surface area contributed by atoms with Crippen LogP contribution in [-0.4, -0.2) is 13.2 Å². The van der Waals surface area contributed by atoms with E-state index in [1.54, 1.807) is 6.07 Å². The molecule has 0 aliphatic heterocycles. The Labute approximate surface area is 90.0 Å². The highest BCUT2D eigenvalue weighted by atomic mass is 19.1. The van der Waals surface area contributed by atoms with E-state index in [9.17, 15) is 4.39 Å². The fourth-order valence-electron chi connectivity index (χ4n) is 1.14. The molecule has 15 heavy (non-hydrogen) atoms. The highest BCUT2D eigenvalue weighted by molar-refractivity contribution is 5.40. The second kappa shape index (κ2) is 6.27. The van der Waals surface area contributed by atoms with Gasteiger partial charge in [-0.15, -0.1) is 0 Å². The maximum Gasteiger partial charge on any atom is 0.164 e.